The van der Waals surface area contributed by atoms with Crippen LogP contribution in [0.5, 0.6) is 5.88 Å². The van der Waals surface area contributed by atoms with E-state index < -0.39 is 6.16 Å². The number of hydrogen-bond acceptors (Lipinski definition) is 3. The standard InChI is InChI=1S/C20H17NO3/c1-14-4-2-5-17(12-14)16-9-7-15(8-10-16)13-18-6-3-11-21-19(18)24-20(22)23/h2-12H,13H2,1H3,(H,22,23). The zero-order valence-corrected chi connectivity index (χ0v) is 13.3. The molecule has 0 fully saturated rings. The van der Waals surface area contributed by atoms with Crippen LogP contribution in [-0.4, -0.2) is 16.2 Å². The summed E-state index contributed by atoms with van der Waals surface area (Å²) in [5.41, 5.74) is 5.36. The molecule has 0 atom stereocenters. The van der Waals surface area contributed by atoms with E-state index in [4.69, 9.17) is 9.84 Å². The fourth-order valence-corrected chi connectivity index (χ4v) is 2.59. The number of ether oxygens (including phenoxy) is 1. The molecule has 0 spiro atoms. The molecule has 1 N–H and O–H groups in total. The Morgan fingerprint density at radius 3 is 2.54 bits per heavy atom. The van der Waals surface area contributed by atoms with Crippen molar-refractivity contribution in [3.8, 4) is 17.0 Å². The molecule has 0 aliphatic carbocycles. The number of aryl methyl sites for hydroxylation is 1. The topological polar surface area (TPSA) is 59.4 Å². The molecule has 0 aliphatic rings. The van der Waals surface area contributed by atoms with Crippen LogP contribution in [0, 0.1) is 6.92 Å². The van der Waals surface area contributed by atoms with Gasteiger partial charge in [0.1, 0.15) is 0 Å². The molecule has 0 saturated heterocycles. The first-order valence-electron chi connectivity index (χ1n) is 7.62. The molecule has 1 aromatic heterocycles. The van der Waals surface area contributed by atoms with E-state index in [-0.39, 0.29) is 5.88 Å². The summed E-state index contributed by atoms with van der Waals surface area (Å²) in [7, 11) is 0. The zero-order valence-electron chi connectivity index (χ0n) is 13.3. The maximum absolute atomic E-state index is 10.7. The van der Waals surface area contributed by atoms with E-state index >= 15 is 0 Å². The highest BCUT2D eigenvalue weighted by Crippen LogP contribution is 2.23. The van der Waals surface area contributed by atoms with Crippen LogP contribution >= 0.6 is 0 Å². The van der Waals surface area contributed by atoms with E-state index in [0.717, 1.165) is 16.7 Å². The Hall–Kier alpha value is -3.14. The summed E-state index contributed by atoms with van der Waals surface area (Å²) in [6.45, 7) is 2.07. The van der Waals surface area contributed by atoms with E-state index in [1.54, 1.807) is 6.07 Å². The molecule has 4 heteroatoms. The number of aromatic nitrogens is 1. The normalized spacial score (nSPS) is 10.4. The molecule has 0 radical (unpaired) electrons. The molecule has 1 heterocycles. The monoisotopic (exact) mass is 319 g/mol. The van der Waals surface area contributed by atoms with Gasteiger partial charge in [0.25, 0.3) is 0 Å². The molecule has 0 saturated carbocycles. The summed E-state index contributed by atoms with van der Waals surface area (Å²) < 4.78 is 4.73. The lowest BCUT2D eigenvalue weighted by Gasteiger charge is -2.08. The van der Waals surface area contributed by atoms with Gasteiger partial charge in [-0.15, -0.1) is 0 Å². The van der Waals surface area contributed by atoms with Crippen LogP contribution in [0.15, 0.2) is 66.9 Å². The smallest absolute Gasteiger partial charge is 0.449 e. The molecule has 3 rings (SSSR count). The lowest BCUT2D eigenvalue weighted by Crippen LogP contribution is -2.07. The molecule has 0 unspecified atom stereocenters. The van der Waals surface area contributed by atoms with Gasteiger partial charge < -0.3 is 9.84 Å². The van der Waals surface area contributed by atoms with Crippen molar-refractivity contribution < 1.29 is 14.6 Å². The highest BCUT2D eigenvalue weighted by Gasteiger charge is 2.09. The van der Waals surface area contributed by atoms with E-state index in [1.807, 2.05) is 24.3 Å². The van der Waals surface area contributed by atoms with Crippen molar-refractivity contribution >= 4 is 6.16 Å². The molecule has 24 heavy (non-hydrogen) atoms. The van der Waals surface area contributed by atoms with Gasteiger partial charge in [0, 0.05) is 18.2 Å². The minimum atomic E-state index is -1.36. The van der Waals surface area contributed by atoms with Crippen LogP contribution < -0.4 is 4.74 Å². The SMILES string of the molecule is Cc1cccc(-c2ccc(Cc3cccnc3OC(=O)O)cc2)c1. The van der Waals surface area contributed by atoms with Crippen molar-refractivity contribution in [2.75, 3.05) is 0 Å². The molecule has 0 bridgehead atoms. The Balaban J connectivity index is 1.81. The predicted octanol–water partition coefficient (Wildman–Crippen LogP) is 4.70. The fourth-order valence-electron chi connectivity index (χ4n) is 2.59. The number of nitrogens with zero attached hydrogens (tertiary/aromatic N) is 1. The van der Waals surface area contributed by atoms with E-state index in [1.165, 1.54) is 17.3 Å². The highest BCUT2D eigenvalue weighted by atomic mass is 16.7. The van der Waals surface area contributed by atoms with Crippen molar-refractivity contribution in [2.45, 2.75) is 13.3 Å². The first-order chi connectivity index (χ1) is 11.6. The Morgan fingerprint density at radius 1 is 1.04 bits per heavy atom. The fraction of sp³-hybridized carbons (Fsp3) is 0.100. The molecular formula is C20H17NO3. The highest BCUT2D eigenvalue weighted by molar-refractivity contribution is 5.64. The van der Waals surface area contributed by atoms with Crippen molar-refractivity contribution in [1.29, 1.82) is 0 Å². The third kappa shape index (κ3) is 3.79. The van der Waals surface area contributed by atoms with E-state index in [2.05, 4.69) is 42.2 Å². The first-order valence-corrected chi connectivity index (χ1v) is 7.62. The Labute approximate surface area is 140 Å². The summed E-state index contributed by atoms with van der Waals surface area (Å²) in [5.74, 6) is 0.132. The van der Waals surface area contributed by atoms with Gasteiger partial charge in [0.05, 0.1) is 0 Å². The van der Waals surface area contributed by atoms with E-state index in [9.17, 15) is 4.79 Å². The summed E-state index contributed by atoms with van der Waals surface area (Å²) in [6, 6.07) is 20.1. The predicted molar refractivity (Wildman–Crippen MR) is 92.3 cm³/mol. The molecule has 0 aliphatic heterocycles. The third-order valence-corrected chi connectivity index (χ3v) is 3.73. The number of rotatable bonds is 4. The van der Waals surface area contributed by atoms with Gasteiger partial charge in [0.2, 0.25) is 5.88 Å². The lowest BCUT2D eigenvalue weighted by atomic mass is 10.00. The Morgan fingerprint density at radius 2 is 1.83 bits per heavy atom. The van der Waals surface area contributed by atoms with Gasteiger partial charge in [-0.25, -0.2) is 9.78 Å². The van der Waals surface area contributed by atoms with Crippen LogP contribution in [-0.2, 0) is 6.42 Å². The average molecular weight is 319 g/mol. The zero-order chi connectivity index (χ0) is 16.9. The second-order valence-corrected chi connectivity index (χ2v) is 5.58. The Bertz CT molecular complexity index is 857. The number of hydrogen-bond donors (Lipinski definition) is 1. The summed E-state index contributed by atoms with van der Waals surface area (Å²) in [6.07, 6.45) is 0.720. The first kappa shape index (κ1) is 15.7. The van der Waals surface area contributed by atoms with Gasteiger partial charge in [0.15, 0.2) is 0 Å². The second kappa shape index (κ2) is 6.96. The number of carboxylic acid groups (broad SMARTS) is 1. The van der Waals surface area contributed by atoms with Gasteiger partial charge in [-0.1, -0.05) is 60.2 Å². The minimum absolute atomic E-state index is 0.132. The van der Waals surface area contributed by atoms with Crippen LogP contribution in [0.25, 0.3) is 11.1 Å². The molecule has 120 valence electrons. The molecule has 2 aromatic carbocycles. The lowest BCUT2D eigenvalue weighted by molar-refractivity contribution is 0.142. The maximum Gasteiger partial charge on any atom is 0.512 e. The van der Waals surface area contributed by atoms with Gasteiger partial charge >= 0.3 is 6.16 Å². The van der Waals surface area contributed by atoms with E-state index in [0.29, 0.717) is 6.42 Å². The molecule has 0 amide bonds. The average Bonchev–Trinajstić information content (AvgIpc) is 2.57. The molecule has 3 aromatic rings. The maximum atomic E-state index is 10.7. The van der Waals surface area contributed by atoms with Crippen molar-refractivity contribution in [3.63, 3.8) is 0 Å². The second-order valence-electron chi connectivity index (χ2n) is 5.58. The minimum Gasteiger partial charge on any atom is -0.449 e. The van der Waals surface area contributed by atoms with Crippen LogP contribution in [0.1, 0.15) is 16.7 Å². The summed E-state index contributed by atoms with van der Waals surface area (Å²) in [5, 5.41) is 8.78. The quantitative estimate of drug-likeness (QED) is 0.708. The van der Waals surface area contributed by atoms with Crippen molar-refractivity contribution in [3.05, 3.63) is 83.6 Å². The van der Waals surface area contributed by atoms with Crippen LogP contribution in [0.3, 0.4) is 0 Å². The Kier molecular flexibility index (Phi) is 4.57. The molecular weight excluding hydrogens is 302 g/mol. The van der Waals surface area contributed by atoms with Gasteiger partial charge in [-0.05, 0) is 29.7 Å². The summed E-state index contributed by atoms with van der Waals surface area (Å²) >= 11 is 0. The molecule has 4 nitrogen and oxygen atoms in total. The van der Waals surface area contributed by atoms with Crippen LogP contribution in [0.2, 0.25) is 0 Å². The largest absolute Gasteiger partial charge is 0.512 e. The number of carbonyl (C=O) groups is 1. The van der Waals surface area contributed by atoms with Crippen LogP contribution in [0.4, 0.5) is 4.79 Å². The third-order valence-electron chi connectivity index (χ3n) is 3.73. The van der Waals surface area contributed by atoms with Gasteiger partial charge in [-0.2, -0.15) is 0 Å². The van der Waals surface area contributed by atoms with Crippen molar-refractivity contribution in [2.24, 2.45) is 0 Å². The number of benzene rings is 2. The van der Waals surface area contributed by atoms with Gasteiger partial charge in [-0.3, -0.25) is 0 Å². The van der Waals surface area contributed by atoms with Crippen molar-refractivity contribution in [1.82, 2.24) is 4.98 Å². The summed E-state index contributed by atoms with van der Waals surface area (Å²) in [4.78, 5) is 14.7. The number of pyridine rings is 1.